The van der Waals surface area contributed by atoms with Gasteiger partial charge in [-0.1, -0.05) is 6.92 Å². The summed E-state index contributed by atoms with van der Waals surface area (Å²) in [5.74, 6) is 0.274. The number of aliphatic hydroxyl groups excluding tert-OH is 1. The van der Waals surface area contributed by atoms with Gasteiger partial charge in [-0.05, 0) is 37.8 Å². The number of hydrogen-bond acceptors (Lipinski definition) is 6. The highest BCUT2D eigenvalue weighted by atomic mass is 32.2. The first-order valence-electron chi connectivity index (χ1n) is 7.92. The summed E-state index contributed by atoms with van der Waals surface area (Å²) in [6.07, 6.45) is 1.09. The third kappa shape index (κ3) is 4.22. The van der Waals surface area contributed by atoms with Crippen LogP contribution in [0.1, 0.15) is 26.7 Å². The number of sulfonamides is 1. The van der Waals surface area contributed by atoms with Gasteiger partial charge in [-0.25, -0.2) is 8.42 Å². The van der Waals surface area contributed by atoms with Crippen molar-refractivity contribution in [3.05, 3.63) is 28.3 Å². The van der Waals surface area contributed by atoms with E-state index < -0.39 is 21.1 Å². The molecule has 1 aliphatic heterocycles. The van der Waals surface area contributed by atoms with Crippen LogP contribution >= 0.6 is 0 Å². The fourth-order valence-corrected chi connectivity index (χ4v) is 4.36. The molecule has 1 aliphatic rings. The molecule has 0 aromatic heterocycles. The van der Waals surface area contributed by atoms with Crippen LogP contribution in [0, 0.1) is 16.0 Å². The predicted octanol–water partition coefficient (Wildman–Crippen LogP) is 1.81. The normalized spacial score (nSPS) is 20.5. The lowest BCUT2D eigenvalue weighted by Crippen LogP contribution is -2.39. The van der Waals surface area contributed by atoms with Crippen molar-refractivity contribution in [3.8, 4) is 0 Å². The number of hydrogen-bond donors (Lipinski definition) is 2. The molecule has 9 heteroatoms. The Morgan fingerprint density at radius 1 is 1.50 bits per heavy atom. The third-order valence-electron chi connectivity index (χ3n) is 4.01. The molecule has 1 saturated heterocycles. The maximum absolute atomic E-state index is 12.7. The van der Waals surface area contributed by atoms with Crippen molar-refractivity contribution < 1.29 is 18.4 Å². The van der Waals surface area contributed by atoms with E-state index in [1.165, 1.54) is 16.4 Å². The van der Waals surface area contributed by atoms with Crippen LogP contribution in [0.2, 0.25) is 0 Å². The summed E-state index contributed by atoms with van der Waals surface area (Å²) < 4.78 is 26.8. The van der Waals surface area contributed by atoms with Crippen LogP contribution in [0.3, 0.4) is 0 Å². The molecule has 0 spiro atoms. The minimum Gasteiger partial charge on any atom is -0.392 e. The van der Waals surface area contributed by atoms with Crippen molar-refractivity contribution in [2.45, 2.75) is 37.7 Å². The second kappa shape index (κ2) is 7.45. The number of nitro benzene ring substituents is 1. The molecule has 1 fully saturated rings. The lowest BCUT2D eigenvalue weighted by molar-refractivity contribution is -0.384. The molecule has 0 saturated carbocycles. The largest absolute Gasteiger partial charge is 0.392 e. The van der Waals surface area contributed by atoms with E-state index in [4.69, 9.17) is 0 Å². The Hall–Kier alpha value is -1.71. The first-order chi connectivity index (χ1) is 11.2. The van der Waals surface area contributed by atoms with Crippen LogP contribution in [0.15, 0.2) is 23.1 Å². The maximum atomic E-state index is 12.7. The highest BCUT2D eigenvalue weighted by molar-refractivity contribution is 7.89. The summed E-state index contributed by atoms with van der Waals surface area (Å²) in [5, 5.41) is 23.3. The van der Waals surface area contributed by atoms with Crippen molar-refractivity contribution in [3.63, 3.8) is 0 Å². The van der Waals surface area contributed by atoms with Crippen molar-refractivity contribution in [1.82, 2.24) is 4.31 Å². The minimum absolute atomic E-state index is 0.0779. The predicted molar refractivity (Wildman–Crippen MR) is 90.4 cm³/mol. The second-order valence-electron chi connectivity index (χ2n) is 6.28. The van der Waals surface area contributed by atoms with E-state index in [2.05, 4.69) is 5.32 Å². The van der Waals surface area contributed by atoms with Crippen LogP contribution in [0.5, 0.6) is 0 Å². The lowest BCUT2D eigenvalue weighted by atomic mass is 10.0. The molecule has 0 amide bonds. The quantitative estimate of drug-likeness (QED) is 0.593. The molecule has 134 valence electrons. The topological polar surface area (TPSA) is 113 Å². The van der Waals surface area contributed by atoms with Crippen molar-refractivity contribution in [2.24, 2.45) is 5.92 Å². The first-order valence-corrected chi connectivity index (χ1v) is 9.36. The summed E-state index contributed by atoms with van der Waals surface area (Å²) in [7, 11) is -3.75. The molecule has 2 N–H and O–H groups in total. The van der Waals surface area contributed by atoms with Crippen LogP contribution in [0.4, 0.5) is 11.4 Å². The molecule has 0 bridgehead atoms. The van der Waals surface area contributed by atoms with Gasteiger partial charge in [-0.15, -0.1) is 0 Å². The van der Waals surface area contributed by atoms with E-state index in [1.807, 2.05) is 6.92 Å². The van der Waals surface area contributed by atoms with Gasteiger partial charge in [0.1, 0.15) is 5.69 Å². The van der Waals surface area contributed by atoms with Crippen LogP contribution in [-0.4, -0.2) is 48.5 Å². The standard InChI is InChI=1S/C15H23N3O5S/c1-11-4-3-7-17(10-11)24(22,23)13-5-6-14(16-9-12(2)19)15(8-13)18(20)21/h5-6,8,11-12,16,19H,3-4,7,9-10H2,1-2H3/t11-,12-/m0/s1. The van der Waals surface area contributed by atoms with Gasteiger partial charge in [0.2, 0.25) is 10.0 Å². The second-order valence-corrected chi connectivity index (χ2v) is 8.21. The number of benzene rings is 1. The van der Waals surface area contributed by atoms with Gasteiger partial charge in [0.05, 0.1) is 15.9 Å². The Morgan fingerprint density at radius 3 is 2.79 bits per heavy atom. The number of aliphatic hydroxyl groups is 1. The summed E-state index contributed by atoms with van der Waals surface area (Å²) in [6, 6.07) is 3.83. The highest BCUT2D eigenvalue weighted by Gasteiger charge is 2.30. The van der Waals surface area contributed by atoms with Gasteiger partial charge in [-0.2, -0.15) is 4.31 Å². The fourth-order valence-electron chi connectivity index (χ4n) is 2.74. The molecule has 1 aromatic carbocycles. The number of nitrogens with zero attached hydrogens (tertiary/aromatic N) is 2. The number of piperidine rings is 1. The third-order valence-corrected chi connectivity index (χ3v) is 5.87. The average molecular weight is 357 g/mol. The Kier molecular flexibility index (Phi) is 5.79. The van der Waals surface area contributed by atoms with Crippen LogP contribution < -0.4 is 5.32 Å². The molecule has 0 aliphatic carbocycles. The maximum Gasteiger partial charge on any atom is 0.293 e. The number of rotatable bonds is 6. The van der Waals surface area contributed by atoms with E-state index in [1.54, 1.807) is 6.92 Å². The zero-order chi connectivity index (χ0) is 17.9. The van der Waals surface area contributed by atoms with Crippen LogP contribution in [-0.2, 0) is 10.0 Å². The van der Waals surface area contributed by atoms with Gasteiger partial charge in [0, 0.05) is 25.7 Å². The number of nitrogens with one attached hydrogen (secondary N) is 1. The minimum atomic E-state index is -3.75. The molecule has 0 radical (unpaired) electrons. The van der Waals surface area contributed by atoms with E-state index >= 15 is 0 Å². The molecule has 8 nitrogen and oxygen atoms in total. The molecular weight excluding hydrogens is 334 g/mol. The van der Waals surface area contributed by atoms with Gasteiger partial charge >= 0.3 is 0 Å². The Bertz CT molecular complexity index is 705. The summed E-state index contributed by atoms with van der Waals surface area (Å²) >= 11 is 0. The molecule has 2 atom stereocenters. The zero-order valence-electron chi connectivity index (χ0n) is 13.8. The van der Waals surface area contributed by atoms with E-state index in [-0.39, 0.29) is 28.7 Å². The lowest BCUT2D eigenvalue weighted by Gasteiger charge is -2.30. The molecule has 24 heavy (non-hydrogen) atoms. The summed E-state index contributed by atoms with van der Waals surface area (Å²) in [4.78, 5) is 10.6. The van der Waals surface area contributed by atoms with Gasteiger partial charge in [0.25, 0.3) is 5.69 Å². The zero-order valence-corrected chi connectivity index (χ0v) is 14.6. The van der Waals surface area contributed by atoms with Gasteiger partial charge in [0.15, 0.2) is 0 Å². The fraction of sp³-hybridized carbons (Fsp3) is 0.600. The molecule has 2 rings (SSSR count). The monoisotopic (exact) mass is 357 g/mol. The summed E-state index contributed by atoms with van der Waals surface area (Å²) in [5.41, 5.74) is -0.131. The van der Waals surface area contributed by atoms with E-state index in [9.17, 15) is 23.6 Å². The van der Waals surface area contributed by atoms with Crippen molar-refractivity contribution >= 4 is 21.4 Å². The smallest absolute Gasteiger partial charge is 0.293 e. The molecule has 0 unspecified atom stereocenters. The molecule has 1 heterocycles. The molecular formula is C15H23N3O5S. The SMILES string of the molecule is C[C@H]1CCCN(S(=O)(=O)c2ccc(NC[C@H](C)O)c([N+](=O)[O-])c2)C1. The van der Waals surface area contributed by atoms with Crippen molar-refractivity contribution in [1.29, 1.82) is 0 Å². The number of nitro groups is 1. The van der Waals surface area contributed by atoms with Gasteiger partial charge < -0.3 is 10.4 Å². The molecule has 1 aromatic rings. The van der Waals surface area contributed by atoms with Crippen LogP contribution in [0.25, 0.3) is 0 Å². The Labute approximate surface area is 141 Å². The summed E-state index contributed by atoms with van der Waals surface area (Å²) in [6.45, 7) is 4.54. The van der Waals surface area contributed by atoms with E-state index in [0.29, 0.717) is 13.1 Å². The first kappa shape index (κ1) is 18.6. The Balaban J connectivity index is 2.33. The highest BCUT2D eigenvalue weighted by Crippen LogP contribution is 2.30. The van der Waals surface area contributed by atoms with E-state index in [0.717, 1.165) is 18.9 Å². The van der Waals surface area contributed by atoms with Gasteiger partial charge in [-0.3, -0.25) is 10.1 Å². The Morgan fingerprint density at radius 2 is 2.21 bits per heavy atom. The average Bonchev–Trinajstić information content (AvgIpc) is 2.52. The van der Waals surface area contributed by atoms with Crippen molar-refractivity contribution in [2.75, 3.05) is 25.0 Å². The number of anilines is 1.